The van der Waals surface area contributed by atoms with Crippen LogP contribution in [0.15, 0.2) is 0 Å². The van der Waals surface area contributed by atoms with Crippen molar-refractivity contribution in [1.82, 2.24) is 0 Å². The molecule has 3 unspecified atom stereocenters. The summed E-state index contributed by atoms with van der Waals surface area (Å²) in [6.07, 6.45) is 39.1. The molecule has 0 saturated carbocycles. The van der Waals surface area contributed by atoms with Crippen molar-refractivity contribution in [3.8, 4) is 0 Å². The van der Waals surface area contributed by atoms with E-state index in [0.717, 1.165) is 121 Å². The van der Waals surface area contributed by atoms with Crippen LogP contribution in [0.25, 0.3) is 0 Å². The number of aliphatic hydroxyl groups excluding tert-OH is 1. The van der Waals surface area contributed by atoms with Crippen molar-refractivity contribution in [2.75, 3.05) is 39.6 Å². The van der Waals surface area contributed by atoms with Crippen LogP contribution < -0.4 is 0 Å². The predicted molar refractivity (Wildman–Crippen MR) is 331 cm³/mol. The van der Waals surface area contributed by atoms with E-state index in [9.17, 15) is 43.2 Å². The van der Waals surface area contributed by atoms with Crippen molar-refractivity contribution in [3.05, 3.63) is 0 Å². The van der Waals surface area contributed by atoms with E-state index >= 15 is 0 Å². The number of phosphoric ester groups is 2. The molecule has 19 heteroatoms. The molecule has 6 atom stereocenters. The van der Waals surface area contributed by atoms with Crippen LogP contribution in [0.1, 0.15) is 318 Å². The molecule has 17 nitrogen and oxygen atoms in total. The van der Waals surface area contributed by atoms with Crippen molar-refractivity contribution in [2.45, 2.75) is 336 Å². The Morgan fingerprint density at radius 2 is 0.614 bits per heavy atom. The lowest BCUT2D eigenvalue weighted by atomic mass is 10.00. The lowest BCUT2D eigenvalue weighted by Gasteiger charge is -2.21. The quantitative estimate of drug-likeness (QED) is 0.0222. The predicted octanol–water partition coefficient (Wildman–Crippen LogP) is 17.7. The van der Waals surface area contributed by atoms with E-state index in [1.54, 1.807) is 0 Å². The van der Waals surface area contributed by atoms with Crippen LogP contribution in [-0.4, -0.2) is 96.7 Å². The Kier molecular flexibility index (Phi) is 55.2. The Labute approximate surface area is 505 Å². The average molecular weight is 1230 g/mol. The van der Waals surface area contributed by atoms with Crippen LogP contribution in [0, 0.1) is 11.8 Å². The summed E-state index contributed by atoms with van der Waals surface area (Å²) in [5.41, 5.74) is 0. The van der Waals surface area contributed by atoms with Crippen molar-refractivity contribution in [2.24, 2.45) is 11.8 Å². The van der Waals surface area contributed by atoms with Gasteiger partial charge in [0.2, 0.25) is 0 Å². The summed E-state index contributed by atoms with van der Waals surface area (Å²) in [4.78, 5) is 72.0. The highest BCUT2D eigenvalue weighted by atomic mass is 31.2. The minimum absolute atomic E-state index is 0.105. The number of carbonyl (C=O) groups excluding carboxylic acids is 4. The molecule has 0 bridgehead atoms. The molecule has 0 aliphatic heterocycles. The topological polar surface area (TPSA) is 237 Å². The van der Waals surface area contributed by atoms with Gasteiger partial charge in [0.15, 0.2) is 12.2 Å². The molecule has 0 saturated heterocycles. The summed E-state index contributed by atoms with van der Waals surface area (Å²) >= 11 is 0. The van der Waals surface area contributed by atoms with Gasteiger partial charge >= 0.3 is 39.5 Å². The van der Waals surface area contributed by atoms with Crippen molar-refractivity contribution in [3.63, 3.8) is 0 Å². The Morgan fingerprint density at radius 3 is 0.916 bits per heavy atom. The summed E-state index contributed by atoms with van der Waals surface area (Å²) < 4.78 is 67.9. The zero-order valence-corrected chi connectivity index (χ0v) is 55.3. The van der Waals surface area contributed by atoms with Crippen molar-refractivity contribution in [1.29, 1.82) is 0 Å². The molecule has 0 aliphatic rings. The molecule has 0 radical (unpaired) electrons. The second-order valence-electron chi connectivity index (χ2n) is 23.9. The fourth-order valence-corrected chi connectivity index (χ4v) is 11.1. The van der Waals surface area contributed by atoms with Gasteiger partial charge in [0.25, 0.3) is 0 Å². The number of hydrogen-bond acceptors (Lipinski definition) is 15. The summed E-state index contributed by atoms with van der Waals surface area (Å²) in [5.74, 6) is -0.614. The molecule has 0 rings (SSSR count). The smallest absolute Gasteiger partial charge is 0.462 e. The van der Waals surface area contributed by atoms with Gasteiger partial charge in [-0.15, -0.1) is 0 Å². The maximum atomic E-state index is 13.0. The number of rotatable bonds is 63. The zero-order chi connectivity index (χ0) is 61.5. The van der Waals surface area contributed by atoms with Crippen LogP contribution in [0.3, 0.4) is 0 Å². The number of esters is 4. The van der Waals surface area contributed by atoms with E-state index in [0.29, 0.717) is 25.7 Å². The van der Waals surface area contributed by atoms with Gasteiger partial charge in [-0.3, -0.25) is 37.3 Å². The maximum absolute atomic E-state index is 13.0. The zero-order valence-electron chi connectivity index (χ0n) is 53.5. The Balaban J connectivity index is 5.18. The van der Waals surface area contributed by atoms with E-state index in [2.05, 4.69) is 41.5 Å². The first-order valence-corrected chi connectivity index (χ1v) is 36.5. The summed E-state index contributed by atoms with van der Waals surface area (Å²) in [7, 11) is -9.88. The monoisotopic (exact) mass is 1230 g/mol. The molecule has 0 spiro atoms. The standard InChI is InChI=1S/C64H124O17P2/c1-7-10-12-14-16-23-28-36-42-48-63(68)80-59(52-74-61(66)46-40-34-26-15-13-11-8-2)54-78-82(70,71)76-50-58(65)51-77-83(72,73)79-55-60(53-75-62(67)47-41-35-31-30-33-39-45-57(6)9-3)81-64(69)49-43-37-29-25-22-20-18-17-19-21-24-27-32-38-44-56(4)5/h56-60,65H,7-55H2,1-6H3,(H,70,71)(H,72,73)/t57?,58-,59+,60+/m0/s1. The second kappa shape index (κ2) is 56.6. The average Bonchev–Trinajstić information content (AvgIpc) is 3.46. The van der Waals surface area contributed by atoms with Crippen LogP contribution in [-0.2, 0) is 65.4 Å². The van der Waals surface area contributed by atoms with E-state index in [-0.39, 0.29) is 25.7 Å². The fraction of sp³-hybridized carbons (Fsp3) is 0.938. The molecule has 0 aliphatic carbocycles. The minimum atomic E-state index is -4.94. The van der Waals surface area contributed by atoms with E-state index in [1.165, 1.54) is 116 Å². The van der Waals surface area contributed by atoms with Gasteiger partial charge in [-0.05, 0) is 37.5 Å². The molecule has 0 aromatic heterocycles. The molecular weight excluding hydrogens is 1100 g/mol. The second-order valence-corrected chi connectivity index (χ2v) is 26.8. The Morgan fingerprint density at radius 1 is 0.349 bits per heavy atom. The highest BCUT2D eigenvalue weighted by molar-refractivity contribution is 7.47. The number of carbonyl (C=O) groups is 4. The third-order valence-corrected chi connectivity index (χ3v) is 17.0. The number of phosphoric acid groups is 2. The number of aliphatic hydroxyl groups is 1. The van der Waals surface area contributed by atoms with E-state index < -0.39 is 97.5 Å². The van der Waals surface area contributed by atoms with E-state index in [4.69, 9.17) is 37.0 Å². The van der Waals surface area contributed by atoms with Crippen LogP contribution in [0.5, 0.6) is 0 Å². The first-order chi connectivity index (χ1) is 39.9. The van der Waals surface area contributed by atoms with Crippen LogP contribution in [0.2, 0.25) is 0 Å². The van der Waals surface area contributed by atoms with Crippen LogP contribution >= 0.6 is 15.6 Å². The first kappa shape index (κ1) is 81.1. The largest absolute Gasteiger partial charge is 0.472 e. The molecule has 3 N–H and O–H groups in total. The van der Waals surface area contributed by atoms with Gasteiger partial charge in [-0.25, -0.2) is 9.13 Å². The SMILES string of the molecule is CCCCCCCCCCCC(=O)O[C@H](COC(=O)CCCCCCCCC)COP(=O)(O)OC[C@H](O)COP(=O)(O)OC[C@@H](COC(=O)CCCCCCCCC(C)CC)OC(=O)CCCCCCCCCCCCCCCCC(C)C. The van der Waals surface area contributed by atoms with Gasteiger partial charge < -0.3 is 33.8 Å². The van der Waals surface area contributed by atoms with E-state index in [1.807, 2.05) is 0 Å². The first-order valence-electron chi connectivity index (χ1n) is 33.5. The number of hydrogen-bond donors (Lipinski definition) is 3. The van der Waals surface area contributed by atoms with Gasteiger partial charge in [0, 0.05) is 25.7 Å². The van der Waals surface area contributed by atoms with Gasteiger partial charge in [0.1, 0.15) is 19.3 Å². The lowest BCUT2D eigenvalue weighted by molar-refractivity contribution is -0.161. The summed E-state index contributed by atoms with van der Waals surface area (Å²) in [6.45, 7) is 9.42. The van der Waals surface area contributed by atoms with Gasteiger partial charge in [-0.1, -0.05) is 266 Å². The lowest BCUT2D eigenvalue weighted by Crippen LogP contribution is -2.30. The Bertz CT molecular complexity index is 1630. The van der Waals surface area contributed by atoms with Crippen LogP contribution in [0.4, 0.5) is 0 Å². The highest BCUT2D eigenvalue weighted by Gasteiger charge is 2.30. The molecular formula is C64H124O17P2. The molecule has 0 aromatic carbocycles. The normalized spacial score (nSPS) is 14.6. The minimum Gasteiger partial charge on any atom is -0.462 e. The molecule has 492 valence electrons. The molecule has 83 heavy (non-hydrogen) atoms. The fourth-order valence-electron chi connectivity index (χ4n) is 9.50. The molecule has 0 aromatic rings. The molecule has 0 amide bonds. The van der Waals surface area contributed by atoms with Gasteiger partial charge in [0.05, 0.1) is 26.4 Å². The van der Waals surface area contributed by atoms with Crippen molar-refractivity contribution >= 4 is 39.5 Å². The van der Waals surface area contributed by atoms with Gasteiger partial charge in [-0.2, -0.15) is 0 Å². The maximum Gasteiger partial charge on any atom is 0.472 e. The summed E-state index contributed by atoms with van der Waals surface area (Å²) in [5, 5.41) is 10.5. The highest BCUT2D eigenvalue weighted by Crippen LogP contribution is 2.45. The molecule has 0 fully saturated rings. The van der Waals surface area contributed by atoms with Crippen molar-refractivity contribution < 1.29 is 80.2 Å². The Hall–Kier alpha value is -1.94. The molecule has 0 heterocycles. The summed E-state index contributed by atoms with van der Waals surface area (Å²) in [6, 6.07) is 0. The third-order valence-electron chi connectivity index (χ3n) is 15.1. The number of unbranched alkanes of at least 4 members (excludes halogenated alkanes) is 32. The number of ether oxygens (including phenoxy) is 4. The third kappa shape index (κ3) is 57.6.